The number of rotatable bonds is 3. The lowest BCUT2D eigenvalue weighted by Crippen LogP contribution is -2.59. The van der Waals surface area contributed by atoms with Crippen molar-refractivity contribution in [2.45, 2.75) is 43.7 Å². The molecule has 1 unspecified atom stereocenters. The smallest absolute Gasteiger partial charge is 0.252 e. The van der Waals surface area contributed by atoms with Crippen LogP contribution in [0.4, 0.5) is 5.69 Å². The first-order chi connectivity index (χ1) is 11.5. The number of carbonyl (C=O) groups excluding carboxylic acids is 1. The van der Waals surface area contributed by atoms with Crippen molar-refractivity contribution in [2.24, 2.45) is 23.5 Å². The molecule has 0 saturated heterocycles. The SMILES string of the molecule is Br.NC(=O)c1cnc2[nH]ccc2c1N[C@H]1C2C[C@H]3C[C@H]1C[C@](O)(C2)C3. The summed E-state index contributed by atoms with van der Waals surface area (Å²) in [4.78, 5) is 19.3. The van der Waals surface area contributed by atoms with E-state index in [9.17, 15) is 9.90 Å². The van der Waals surface area contributed by atoms with Crippen LogP contribution >= 0.6 is 17.0 Å². The van der Waals surface area contributed by atoms with Gasteiger partial charge in [0.05, 0.1) is 16.9 Å². The monoisotopic (exact) mass is 406 g/mol. The molecule has 4 saturated carbocycles. The fourth-order valence-electron chi connectivity index (χ4n) is 5.73. The first-order valence-corrected chi connectivity index (χ1v) is 8.77. The zero-order chi connectivity index (χ0) is 16.5. The summed E-state index contributed by atoms with van der Waals surface area (Å²) in [6.07, 6.45) is 8.42. The molecular formula is C18H23BrN4O2. The Balaban J connectivity index is 0.00000157. The van der Waals surface area contributed by atoms with Crippen molar-refractivity contribution in [1.29, 1.82) is 0 Å². The summed E-state index contributed by atoms with van der Waals surface area (Å²) in [5, 5.41) is 15.3. The summed E-state index contributed by atoms with van der Waals surface area (Å²) >= 11 is 0. The number of nitrogens with zero attached hydrogens (tertiary/aromatic N) is 1. The van der Waals surface area contributed by atoms with E-state index >= 15 is 0 Å². The van der Waals surface area contributed by atoms with Crippen LogP contribution in [0.15, 0.2) is 18.5 Å². The highest BCUT2D eigenvalue weighted by molar-refractivity contribution is 8.93. The molecule has 2 aromatic heterocycles. The Labute approximate surface area is 156 Å². The van der Waals surface area contributed by atoms with Crippen molar-refractivity contribution >= 4 is 39.6 Å². The van der Waals surface area contributed by atoms with Crippen molar-refractivity contribution in [2.75, 3.05) is 5.32 Å². The van der Waals surface area contributed by atoms with Gasteiger partial charge >= 0.3 is 0 Å². The van der Waals surface area contributed by atoms with Crippen LogP contribution in [-0.4, -0.2) is 32.6 Å². The van der Waals surface area contributed by atoms with E-state index in [1.54, 1.807) is 6.20 Å². The topological polar surface area (TPSA) is 104 Å². The summed E-state index contributed by atoms with van der Waals surface area (Å²) in [5.74, 6) is 1.12. The Morgan fingerprint density at radius 3 is 2.68 bits per heavy atom. The summed E-state index contributed by atoms with van der Waals surface area (Å²) < 4.78 is 0. The number of fused-ring (bicyclic) bond motifs is 1. The Kier molecular flexibility index (Phi) is 3.85. The van der Waals surface area contributed by atoms with Crippen LogP contribution < -0.4 is 11.1 Å². The number of aromatic nitrogens is 2. The molecule has 0 spiro atoms. The fraction of sp³-hybridized carbons (Fsp3) is 0.556. The van der Waals surface area contributed by atoms with Crippen LogP contribution in [0.5, 0.6) is 0 Å². The minimum atomic E-state index is -0.462. The second kappa shape index (κ2) is 5.71. The average molecular weight is 407 g/mol. The summed E-state index contributed by atoms with van der Waals surface area (Å²) in [5.41, 5.74) is 7.10. The minimum absolute atomic E-state index is 0. The number of nitrogens with two attached hydrogens (primary N) is 1. The van der Waals surface area contributed by atoms with E-state index in [1.807, 2.05) is 12.3 Å². The van der Waals surface area contributed by atoms with Crippen molar-refractivity contribution in [1.82, 2.24) is 9.97 Å². The Morgan fingerprint density at radius 2 is 2.04 bits per heavy atom. The number of anilines is 1. The molecular weight excluding hydrogens is 384 g/mol. The second-order valence-corrected chi connectivity index (χ2v) is 8.02. The van der Waals surface area contributed by atoms with Crippen molar-refractivity contribution in [3.8, 4) is 0 Å². The minimum Gasteiger partial charge on any atom is -0.390 e. The maximum atomic E-state index is 11.9. The molecule has 6 rings (SSSR count). The molecule has 4 aliphatic rings. The van der Waals surface area contributed by atoms with Gasteiger partial charge in [0.1, 0.15) is 5.65 Å². The number of carbonyl (C=O) groups is 1. The van der Waals surface area contributed by atoms with E-state index in [4.69, 9.17) is 5.73 Å². The summed E-state index contributed by atoms with van der Waals surface area (Å²) in [6.45, 7) is 0. The zero-order valence-corrected chi connectivity index (χ0v) is 15.6. The highest BCUT2D eigenvalue weighted by Gasteiger charge is 2.54. The highest BCUT2D eigenvalue weighted by atomic mass is 79.9. The van der Waals surface area contributed by atoms with Crippen LogP contribution in [-0.2, 0) is 0 Å². The number of amides is 1. The van der Waals surface area contributed by atoms with Gasteiger partial charge in [0, 0.05) is 23.8 Å². The van der Waals surface area contributed by atoms with Gasteiger partial charge in [-0.1, -0.05) is 0 Å². The fourth-order valence-corrected chi connectivity index (χ4v) is 5.73. The molecule has 4 bridgehead atoms. The quantitative estimate of drug-likeness (QED) is 0.628. The molecule has 4 fully saturated rings. The van der Waals surface area contributed by atoms with Crippen molar-refractivity contribution in [3.05, 3.63) is 24.0 Å². The Bertz CT molecular complexity index is 820. The Hall–Kier alpha value is -1.60. The number of primary amides is 1. The third-order valence-electron chi connectivity index (χ3n) is 6.40. The van der Waals surface area contributed by atoms with E-state index in [2.05, 4.69) is 15.3 Å². The van der Waals surface area contributed by atoms with Gasteiger partial charge < -0.3 is 21.1 Å². The number of pyridine rings is 1. The lowest BCUT2D eigenvalue weighted by Gasteiger charge is -2.58. The molecule has 5 atom stereocenters. The third kappa shape index (κ3) is 2.56. The molecule has 6 nitrogen and oxygen atoms in total. The van der Waals surface area contributed by atoms with E-state index in [0.717, 1.165) is 36.0 Å². The molecule has 134 valence electrons. The molecule has 4 aliphatic carbocycles. The largest absolute Gasteiger partial charge is 0.390 e. The molecule has 25 heavy (non-hydrogen) atoms. The van der Waals surface area contributed by atoms with E-state index in [-0.39, 0.29) is 17.0 Å². The molecule has 0 aliphatic heterocycles. The number of aromatic amines is 1. The highest BCUT2D eigenvalue weighted by Crippen LogP contribution is 2.56. The number of nitrogens with one attached hydrogen (secondary N) is 2. The summed E-state index contributed by atoms with van der Waals surface area (Å²) in [6, 6.07) is 2.22. The standard InChI is InChI=1S/C18H22N4O2.BrH/c19-16(23)13-8-21-17-12(1-2-20-17)15(13)22-14-10-3-9-4-11(14)7-18(24,5-9)6-10;/h1-2,8-11,14,24H,3-7H2,(H2,19,23)(H2,20,21,22);1H/t9-,10+,11?,14-,18+;/m1./s1. The van der Waals surface area contributed by atoms with Crippen LogP contribution in [0.3, 0.4) is 0 Å². The molecule has 2 aromatic rings. The molecule has 0 radical (unpaired) electrons. The average Bonchev–Trinajstić information content (AvgIpc) is 2.97. The second-order valence-electron chi connectivity index (χ2n) is 8.02. The Morgan fingerprint density at radius 1 is 1.32 bits per heavy atom. The van der Waals surface area contributed by atoms with Crippen LogP contribution in [0.1, 0.15) is 42.5 Å². The van der Waals surface area contributed by atoms with Gasteiger partial charge in [-0.3, -0.25) is 4.79 Å². The molecule has 0 aromatic carbocycles. The number of halogens is 1. The third-order valence-corrected chi connectivity index (χ3v) is 6.40. The predicted octanol–water partition coefficient (Wildman–Crippen LogP) is 2.59. The number of H-pyrrole nitrogens is 1. The van der Waals surface area contributed by atoms with E-state index in [1.165, 1.54) is 12.8 Å². The number of hydrogen-bond acceptors (Lipinski definition) is 4. The van der Waals surface area contributed by atoms with E-state index in [0.29, 0.717) is 29.4 Å². The molecule has 7 heteroatoms. The number of aliphatic hydroxyl groups is 1. The van der Waals surface area contributed by atoms with Crippen molar-refractivity contribution < 1.29 is 9.90 Å². The van der Waals surface area contributed by atoms with Gasteiger partial charge in [0.2, 0.25) is 0 Å². The van der Waals surface area contributed by atoms with Crippen LogP contribution in [0.2, 0.25) is 0 Å². The van der Waals surface area contributed by atoms with E-state index < -0.39 is 11.5 Å². The van der Waals surface area contributed by atoms with Gasteiger partial charge in [-0.2, -0.15) is 0 Å². The van der Waals surface area contributed by atoms with Gasteiger partial charge in [-0.15, -0.1) is 17.0 Å². The first kappa shape index (κ1) is 16.8. The van der Waals surface area contributed by atoms with Gasteiger partial charge in [0.15, 0.2) is 0 Å². The lowest BCUT2D eigenvalue weighted by molar-refractivity contribution is -0.129. The van der Waals surface area contributed by atoms with Crippen molar-refractivity contribution in [3.63, 3.8) is 0 Å². The van der Waals surface area contributed by atoms with Gasteiger partial charge in [-0.25, -0.2) is 4.98 Å². The maximum absolute atomic E-state index is 11.9. The van der Waals surface area contributed by atoms with Crippen LogP contribution in [0, 0.1) is 17.8 Å². The molecule has 1 amide bonds. The molecule has 5 N–H and O–H groups in total. The maximum Gasteiger partial charge on any atom is 0.252 e. The first-order valence-electron chi connectivity index (χ1n) is 8.77. The molecule has 2 heterocycles. The summed E-state index contributed by atoms with van der Waals surface area (Å²) in [7, 11) is 0. The lowest BCUT2D eigenvalue weighted by atomic mass is 9.52. The predicted molar refractivity (Wildman–Crippen MR) is 101 cm³/mol. The zero-order valence-electron chi connectivity index (χ0n) is 13.9. The van der Waals surface area contributed by atoms with Crippen LogP contribution in [0.25, 0.3) is 11.0 Å². The normalized spacial score (nSPS) is 35.6. The number of hydrogen-bond donors (Lipinski definition) is 4. The van der Waals surface area contributed by atoms with Gasteiger partial charge in [-0.05, 0) is 55.9 Å². The van der Waals surface area contributed by atoms with Gasteiger partial charge in [0.25, 0.3) is 5.91 Å².